The minimum Gasteiger partial charge on any atom is -0.478 e. The Morgan fingerprint density at radius 1 is 0.974 bits per heavy atom. The van der Waals surface area contributed by atoms with Crippen molar-refractivity contribution in [1.82, 2.24) is 15.3 Å². The zero-order valence-corrected chi connectivity index (χ0v) is 21.4. The fraction of sp³-hybridized carbons (Fsp3) is 0.129. The number of hydrogen-bond donors (Lipinski definition) is 3. The van der Waals surface area contributed by atoms with Crippen molar-refractivity contribution >= 4 is 34.5 Å². The smallest absolute Gasteiger partial charge is 0.336 e. The highest BCUT2D eigenvalue weighted by Crippen LogP contribution is 2.42. The fourth-order valence-electron chi connectivity index (χ4n) is 4.95. The number of para-hydroxylation sites is 2. The number of halogens is 2. The average Bonchev–Trinajstić information content (AvgIpc) is 3.69. The maximum absolute atomic E-state index is 13.5. The molecule has 1 fully saturated rings. The minimum atomic E-state index is -1.19. The third kappa shape index (κ3) is 4.89. The first-order valence-electron chi connectivity index (χ1n) is 12.6. The highest BCUT2D eigenvalue weighted by Gasteiger charge is 2.34. The summed E-state index contributed by atoms with van der Waals surface area (Å²) >= 11 is 6.64. The van der Waals surface area contributed by atoms with E-state index in [-0.39, 0.29) is 28.9 Å². The van der Waals surface area contributed by atoms with E-state index in [0.717, 1.165) is 29.4 Å². The quantitative estimate of drug-likeness (QED) is 0.203. The van der Waals surface area contributed by atoms with Crippen molar-refractivity contribution in [2.24, 2.45) is 5.92 Å². The van der Waals surface area contributed by atoms with E-state index in [2.05, 4.69) is 15.3 Å². The summed E-state index contributed by atoms with van der Waals surface area (Å²) in [5.41, 5.74) is 4.10. The van der Waals surface area contributed by atoms with Crippen molar-refractivity contribution < 1.29 is 19.1 Å². The minimum absolute atomic E-state index is 0.0575. The monoisotopic (exact) mass is 539 g/mol. The molecule has 6 nitrogen and oxygen atoms in total. The molecule has 0 aliphatic heterocycles. The molecule has 1 aromatic heterocycles. The van der Waals surface area contributed by atoms with E-state index in [9.17, 15) is 19.1 Å². The number of benzene rings is 4. The number of nitrogens with one attached hydrogen (secondary N) is 2. The molecule has 8 heteroatoms. The Bertz CT molecular complexity index is 1690. The van der Waals surface area contributed by atoms with Crippen LogP contribution in [0.25, 0.3) is 33.5 Å². The fourth-order valence-corrected chi connectivity index (χ4v) is 5.23. The molecule has 4 aromatic carbocycles. The molecule has 1 saturated carbocycles. The van der Waals surface area contributed by atoms with Gasteiger partial charge in [-0.05, 0) is 72.4 Å². The molecule has 1 unspecified atom stereocenters. The second-order valence-electron chi connectivity index (χ2n) is 9.67. The van der Waals surface area contributed by atoms with Crippen LogP contribution in [0.5, 0.6) is 0 Å². The molecule has 0 bridgehead atoms. The molecule has 1 aliphatic rings. The van der Waals surface area contributed by atoms with Gasteiger partial charge in [0.2, 0.25) is 0 Å². The molecule has 5 aromatic rings. The highest BCUT2D eigenvalue weighted by atomic mass is 35.5. The SMILES string of the molecule is O=C(NC(c1ccc(F)cc1)C1CC1)c1ccc(-c2c(Cl)cccc2-c2nc3ccccc3[nH]2)c(C(=O)O)c1. The first kappa shape index (κ1) is 24.8. The Morgan fingerprint density at radius 2 is 1.74 bits per heavy atom. The predicted molar refractivity (Wildman–Crippen MR) is 148 cm³/mol. The number of rotatable bonds is 7. The Hall–Kier alpha value is -4.49. The molecule has 1 aliphatic carbocycles. The molecular weight excluding hydrogens is 517 g/mol. The largest absolute Gasteiger partial charge is 0.478 e. The summed E-state index contributed by atoms with van der Waals surface area (Å²) in [6.07, 6.45) is 1.91. The van der Waals surface area contributed by atoms with Gasteiger partial charge in [-0.15, -0.1) is 0 Å². The lowest BCUT2D eigenvalue weighted by atomic mass is 9.93. The van der Waals surface area contributed by atoms with Gasteiger partial charge in [-0.3, -0.25) is 4.79 Å². The number of carboxylic acid groups (broad SMARTS) is 1. The van der Waals surface area contributed by atoms with Gasteiger partial charge in [-0.25, -0.2) is 14.2 Å². The first-order valence-corrected chi connectivity index (χ1v) is 12.9. The van der Waals surface area contributed by atoms with Crippen LogP contribution in [0.15, 0.2) is 84.9 Å². The van der Waals surface area contributed by atoms with Gasteiger partial charge >= 0.3 is 5.97 Å². The number of aromatic carboxylic acids is 1. The Morgan fingerprint density at radius 3 is 2.46 bits per heavy atom. The van der Waals surface area contributed by atoms with Gasteiger partial charge in [-0.1, -0.05) is 54.1 Å². The molecule has 1 amide bonds. The summed E-state index contributed by atoms with van der Waals surface area (Å²) in [5, 5.41) is 13.5. The maximum Gasteiger partial charge on any atom is 0.336 e. The molecule has 6 rings (SSSR count). The number of fused-ring (bicyclic) bond motifs is 1. The Balaban J connectivity index is 1.38. The summed E-state index contributed by atoms with van der Waals surface area (Å²) in [4.78, 5) is 33.7. The number of imidazole rings is 1. The van der Waals surface area contributed by atoms with Crippen LogP contribution in [0.2, 0.25) is 5.02 Å². The molecule has 0 radical (unpaired) electrons. The molecule has 3 N–H and O–H groups in total. The summed E-state index contributed by atoms with van der Waals surface area (Å²) in [6, 6.07) is 23.3. The summed E-state index contributed by atoms with van der Waals surface area (Å²) in [6.45, 7) is 0. The van der Waals surface area contributed by atoms with Gasteiger partial charge in [0.15, 0.2) is 0 Å². The Kier molecular flexibility index (Phi) is 6.37. The molecule has 0 saturated heterocycles. The van der Waals surface area contributed by atoms with E-state index in [1.165, 1.54) is 18.2 Å². The van der Waals surface area contributed by atoms with Crippen LogP contribution < -0.4 is 5.32 Å². The van der Waals surface area contributed by atoms with Gasteiger partial charge in [0.25, 0.3) is 5.91 Å². The molecule has 1 atom stereocenters. The van der Waals surface area contributed by atoms with Crippen LogP contribution >= 0.6 is 11.6 Å². The van der Waals surface area contributed by atoms with E-state index in [1.54, 1.807) is 36.4 Å². The van der Waals surface area contributed by atoms with Crippen molar-refractivity contribution in [3.05, 3.63) is 112 Å². The third-order valence-electron chi connectivity index (χ3n) is 7.05. The van der Waals surface area contributed by atoms with Gasteiger partial charge < -0.3 is 15.4 Å². The van der Waals surface area contributed by atoms with Crippen LogP contribution in [0.1, 0.15) is 45.2 Å². The normalized spacial score (nSPS) is 13.8. The zero-order valence-electron chi connectivity index (χ0n) is 20.6. The van der Waals surface area contributed by atoms with Gasteiger partial charge in [0.1, 0.15) is 11.6 Å². The van der Waals surface area contributed by atoms with E-state index in [0.29, 0.717) is 27.5 Å². The number of amides is 1. The number of H-pyrrole nitrogens is 1. The number of aromatic amines is 1. The third-order valence-corrected chi connectivity index (χ3v) is 7.36. The number of carboxylic acids is 1. The summed E-state index contributed by atoms with van der Waals surface area (Å²) in [5.74, 6) is -1.12. The van der Waals surface area contributed by atoms with Gasteiger partial charge in [-0.2, -0.15) is 0 Å². The first-order chi connectivity index (χ1) is 18.9. The molecule has 194 valence electrons. The topological polar surface area (TPSA) is 95.1 Å². The molecule has 0 spiro atoms. The summed E-state index contributed by atoms with van der Waals surface area (Å²) in [7, 11) is 0. The number of aromatic nitrogens is 2. The second-order valence-corrected chi connectivity index (χ2v) is 10.1. The second kappa shape index (κ2) is 10.0. The Labute approximate surface area is 228 Å². The van der Waals surface area contributed by atoms with Crippen molar-refractivity contribution in [1.29, 1.82) is 0 Å². The molecular formula is C31H23ClFN3O3. The van der Waals surface area contributed by atoms with E-state index >= 15 is 0 Å². The van der Waals surface area contributed by atoms with Gasteiger partial charge in [0, 0.05) is 21.7 Å². The lowest BCUT2D eigenvalue weighted by molar-refractivity contribution is 0.0697. The lowest BCUT2D eigenvalue weighted by Gasteiger charge is -2.20. The molecule has 39 heavy (non-hydrogen) atoms. The number of hydrogen-bond acceptors (Lipinski definition) is 3. The van der Waals surface area contributed by atoms with Crippen LogP contribution in [-0.2, 0) is 0 Å². The standard InChI is InChI=1S/C31H23ClFN3O3/c32-24-5-3-4-22(29-34-25-6-1-2-7-26(25)35-29)27(24)21-15-12-19(16-23(21)31(38)39)30(37)36-28(17-8-9-17)18-10-13-20(33)14-11-18/h1-7,10-17,28H,8-9H2,(H,34,35)(H,36,37)(H,38,39). The van der Waals surface area contributed by atoms with Gasteiger partial charge in [0.05, 0.1) is 22.6 Å². The maximum atomic E-state index is 13.5. The van der Waals surface area contributed by atoms with Crippen LogP contribution in [0, 0.1) is 11.7 Å². The van der Waals surface area contributed by atoms with Crippen LogP contribution in [0.4, 0.5) is 4.39 Å². The molecule has 1 heterocycles. The lowest BCUT2D eigenvalue weighted by Crippen LogP contribution is -2.30. The number of carbonyl (C=O) groups is 2. The predicted octanol–water partition coefficient (Wildman–Crippen LogP) is 7.27. The van der Waals surface area contributed by atoms with Crippen molar-refractivity contribution in [2.45, 2.75) is 18.9 Å². The summed E-state index contributed by atoms with van der Waals surface area (Å²) < 4.78 is 13.5. The van der Waals surface area contributed by atoms with E-state index < -0.39 is 11.9 Å². The van der Waals surface area contributed by atoms with E-state index in [1.807, 2.05) is 30.3 Å². The number of carbonyl (C=O) groups excluding carboxylic acids is 1. The van der Waals surface area contributed by atoms with Crippen molar-refractivity contribution in [3.8, 4) is 22.5 Å². The van der Waals surface area contributed by atoms with Crippen molar-refractivity contribution in [2.75, 3.05) is 0 Å². The van der Waals surface area contributed by atoms with E-state index in [4.69, 9.17) is 11.6 Å². The number of nitrogens with zero attached hydrogens (tertiary/aromatic N) is 1. The van der Waals surface area contributed by atoms with Crippen LogP contribution in [0.3, 0.4) is 0 Å². The average molecular weight is 540 g/mol. The zero-order chi connectivity index (χ0) is 27.1. The van der Waals surface area contributed by atoms with Crippen LogP contribution in [-0.4, -0.2) is 27.0 Å². The van der Waals surface area contributed by atoms with Crippen molar-refractivity contribution in [3.63, 3.8) is 0 Å². The highest BCUT2D eigenvalue weighted by molar-refractivity contribution is 6.34.